The van der Waals surface area contributed by atoms with Crippen molar-refractivity contribution >= 4 is 28.8 Å². The van der Waals surface area contributed by atoms with E-state index in [4.69, 9.17) is 11.6 Å². The lowest BCUT2D eigenvalue weighted by Crippen LogP contribution is -2.39. The second kappa shape index (κ2) is 5.78. The summed E-state index contributed by atoms with van der Waals surface area (Å²) in [6, 6.07) is 6.41. The molecule has 0 radical (unpaired) electrons. The Bertz CT molecular complexity index is 664. The highest BCUT2D eigenvalue weighted by molar-refractivity contribution is 7.10. The van der Waals surface area contributed by atoms with E-state index in [0.29, 0.717) is 6.54 Å². The number of nitrogens with zero attached hydrogens (tertiary/aromatic N) is 1. The molecule has 0 saturated carbocycles. The van der Waals surface area contributed by atoms with Crippen molar-refractivity contribution in [1.82, 2.24) is 4.90 Å². The summed E-state index contributed by atoms with van der Waals surface area (Å²) in [4.78, 5) is 15.8. The van der Waals surface area contributed by atoms with Crippen molar-refractivity contribution in [3.63, 3.8) is 0 Å². The van der Waals surface area contributed by atoms with Crippen LogP contribution in [0.5, 0.6) is 0 Å². The van der Waals surface area contributed by atoms with Crippen LogP contribution in [0, 0.1) is 5.82 Å². The number of hydrogen-bond donors (Lipinski definition) is 0. The van der Waals surface area contributed by atoms with Gasteiger partial charge in [-0.2, -0.15) is 0 Å². The summed E-state index contributed by atoms with van der Waals surface area (Å²) in [7, 11) is 0. The lowest BCUT2D eigenvalue weighted by atomic mass is 9.96. The van der Waals surface area contributed by atoms with Crippen molar-refractivity contribution in [2.75, 3.05) is 6.54 Å². The van der Waals surface area contributed by atoms with E-state index in [2.05, 4.69) is 11.4 Å². The zero-order valence-electron chi connectivity index (χ0n) is 11.6. The van der Waals surface area contributed by atoms with Gasteiger partial charge in [0.1, 0.15) is 5.82 Å². The Balaban J connectivity index is 1.99. The maximum absolute atomic E-state index is 14.0. The van der Waals surface area contributed by atoms with Gasteiger partial charge in [0.2, 0.25) is 0 Å². The lowest BCUT2D eigenvalue weighted by molar-refractivity contribution is 0.0653. The SMILES string of the molecule is CCC1c2ccsc2CCN1C(=O)c1c(F)cccc1Cl. The first-order valence-corrected chi connectivity index (χ1v) is 8.20. The molecule has 0 spiro atoms. The van der Waals surface area contributed by atoms with E-state index < -0.39 is 5.82 Å². The molecule has 21 heavy (non-hydrogen) atoms. The average molecular weight is 324 g/mol. The standard InChI is InChI=1S/C16H15ClFNOS/c1-2-13-10-7-9-21-14(10)6-8-19(13)16(20)15-11(17)4-3-5-12(15)18/h3-5,7,9,13H,2,6,8H2,1H3. The number of thiophene rings is 1. The van der Waals surface area contributed by atoms with E-state index in [0.717, 1.165) is 12.8 Å². The van der Waals surface area contributed by atoms with Crippen LogP contribution < -0.4 is 0 Å². The highest BCUT2D eigenvalue weighted by atomic mass is 35.5. The van der Waals surface area contributed by atoms with Gasteiger partial charge in [0, 0.05) is 11.4 Å². The molecule has 1 aliphatic heterocycles. The van der Waals surface area contributed by atoms with Gasteiger partial charge in [-0.05, 0) is 42.0 Å². The Hall–Kier alpha value is -1.39. The summed E-state index contributed by atoms with van der Waals surface area (Å²) in [6.07, 6.45) is 1.63. The van der Waals surface area contributed by atoms with Crippen LogP contribution in [0.15, 0.2) is 29.6 Å². The van der Waals surface area contributed by atoms with Gasteiger partial charge in [0.15, 0.2) is 0 Å². The van der Waals surface area contributed by atoms with E-state index in [-0.39, 0.29) is 22.5 Å². The van der Waals surface area contributed by atoms with E-state index >= 15 is 0 Å². The van der Waals surface area contributed by atoms with E-state index in [1.54, 1.807) is 22.3 Å². The van der Waals surface area contributed by atoms with Crippen molar-refractivity contribution in [2.24, 2.45) is 0 Å². The first kappa shape index (κ1) is 14.5. The third-order valence-electron chi connectivity index (χ3n) is 3.92. The van der Waals surface area contributed by atoms with Crippen LogP contribution in [0.2, 0.25) is 5.02 Å². The zero-order valence-corrected chi connectivity index (χ0v) is 13.2. The highest BCUT2D eigenvalue weighted by Gasteiger charge is 2.32. The Labute approximate surface area is 132 Å². The Kier molecular flexibility index (Phi) is 4.00. The number of rotatable bonds is 2. The van der Waals surface area contributed by atoms with Crippen LogP contribution in [0.1, 0.15) is 40.2 Å². The second-order valence-electron chi connectivity index (χ2n) is 5.07. The Morgan fingerprint density at radius 3 is 3.00 bits per heavy atom. The summed E-state index contributed by atoms with van der Waals surface area (Å²) in [5, 5.41) is 2.23. The maximum atomic E-state index is 14.0. The molecule has 3 rings (SSSR count). The van der Waals surface area contributed by atoms with Crippen molar-refractivity contribution in [3.05, 3.63) is 56.5 Å². The minimum Gasteiger partial charge on any atom is -0.331 e. The van der Waals surface area contributed by atoms with Crippen LogP contribution in [0.3, 0.4) is 0 Å². The monoisotopic (exact) mass is 323 g/mol. The normalized spacial score (nSPS) is 17.7. The first-order valence-electron chi connectivity index (χ1n) is 6.94. The van der Waals surface area contributed by atoms with Crippen molar-refractivity contribution in [3.8, 4) is 0 Å². The molecule has 0 N–H and O–H groups in total. The van der Waals surface area contributed by atoms with Gasteiger partial charge in [-0.15, -0.1) is 11.3 Å². The smallest absolute Gasteiger partial charge is 0.258 e. The molecule has 0 bridgehead atoms. The number of fused-ring (bicyclic) bond motifs is 1. The second-order valence-corrected chi connectivity index (χ2v) is 6.48. The minimum atomic E-state index is -0.557. The Morgan fingerprint density at radius 2 is 2.29 bits per heavy atom. The molecule has 110 valence electrons. The molecule has 1 aromatic heterocycles. The van der Waals surface area contributed by atoms with Crippen LogP contribution in [0.4, 0.5) is 4.39 Å². The number of carbonyl (C=O) groups excluding carboxylic acids is 1. The molecule has 1 aliphatic rings. The fourth-order valence-electron chi connectivity index (χ4n) is 2.93. The molecular weight excluding hydrogens is 309 g/mol. The highest BCUT2D eigenvalue weighted by Crippen LogP contribution is 2.36. The quantitative estimate of drug-likeness (QED) is 0.785. The lowest BCUT2D eigenvalue weighted by Gasteiger charge is -2.35. The van der Waals surface area contributed by atoms with Crippen LogP contribution in [-0.4, -0.2) is 17.4 Å². The molecule has 2 aromatic rings. The summed E-state index contributed by atoms with van der Waals surface area (Å²) in [5.41, 5.74) is 1.17. The van der Waals surface area contributed by atoms with Gasteiger partial charge in [0.25, 0.3) is 5.91 Å². The molecular formula is C16H15ClFNOS. The summed E-state index contributed by atoms with van der Waals surface area (Å²) in [5.74, 6) is -0.875. The average Bonchev–Trinajstić information content (AvgIpc) is 2.94. The molecule has 1 amide bonds. The number of halogens is 2. The van der Waals surface area contributed by atoms with Gasteiger partial charge in [-0.25, -0.2) is 4.39 Å². The van der Waals surface area contributed by atoms with Crippen molar-refractivity contribution in [1.29, 1.82) is 0 Å². The molecule has 1 atom stereocenters. The molecule has 0 saturated heterocycles. The van der Waals surface area contributed by atoms with Crippen LogP contribution in [0.25, 0.3) is 0 Å². The van der Waals surface area contributed by atoms with Gasteiger partial charge >= 0.3 is 0 Å². The predicted molar refractivity (Wildman–Crippen MR) is 83.5 cm³/mol. The number of carbonyl (C=O) groups is 1. The zero-order chi connectivity index (χ0) is 15.0. The number of amides is 1. The molecule has 0 fully saturated rings. The van der Waals surface area contributed by atoms with Crippen molar-refractivity contribution < 1.29 is 9.18 Å². The minimum absolute atomic E-state index is 0.00294. The number of hydrogen-bond acceptors (Lipinski definition) is 2. The molecule has 2 nitrogen and oxygen atoms in total. The topological polar surface area (TPSA) is 20.3 Å². The van der Waals surface area contributed by atoms with Gasteiger partial charge in [-0.3, -0.25) is 4.79 Å². The van der Waals surface area contributed by atoms with Gasteiger partial charge in [0.05, 0.1) is 16.6 Å². The summed E-state index contributed by atoms with van der Waals surface area (Å²) in [6.45, 7) is 2.65. The van der Waals surface area contributed by atoms with Crippen molar-refractivity contribution in [2.45, 2.75) is 25.8 Å². The van der Waals surface area contributed by atoms with E-state index in [1.807, 2.05) is 6.92 Å². The predicted octanol–water partition coefficient (Wildman–Crippen LogP) is 4.69. The third-order valence-corrected chi connectivity index (χ3v) is 5.23. The fourth-order valence-corrected chi connectivity index (χ4v) is 4.10. The maximum Gasteiger partial charge on any atom is 0.258 e. The van der Waals surface area contributed by atoms with Gasteiger partial charge < -0.3 is 4.90 Å². The van der Waals surface area contributed by atoms with Crippen LogP contribution >= 0.6 is 22.9 Å². The van der Waals surface area contributed by atoms with Crippen LogP contribution in [-0.2, 0) is 6.42 Å². The fraction of sp³-hybridized carbons (Fsp3) is 0.312. The summed E-state index contributed by atoms with van der Waals surface area (Å²) >= 11 is 7.75. The molecule has 1 aromatic carbocycles. The summed E-state index contributed by atoms with van der Waals surface area (Å²) < 4.78 is 14.0. The molecule has 2 heterocycles. The van der Waals surface area contributed by atoms with E-state index in [1.165, 1.54) is 22.6 Å². The third kappa shape index (κ3) is 2.47. The molecule has 0 aliphatic carbocycles. The molecule has 1 unspecified atom stereocenters. The van der Waals surface area contributed by atoms with Gasteiger partial charge in [-0.1, -0.05) is 24.6 Å². The first-order chi connectivity index (χ1) is 10.1. The Morgan fingerprint density at radius 1 is 1.48 bits per heavy atom. The van der Waals surface area contributed by atoms with E-state index in [9.17, 15) is 9.18 Å². The molecule has 5 heteroatoms. The number of benzene rings is 1. The largest absolute Gasteiger partial charge is 0.331 e.